The summed E-state index contributed by atoms with van der Waals surface area (Å²) in [5.41, 5.74) is 5.84. The van der Waals surface area contributed by atoms with Crippen LogP contribution in [0.25, 0.3) is 22.4 Å². The van der Waals surface area contributed by atoms with Crippen molar-refractivity contribution in [3.63, 3.8) is 0 Å². The van der Waals surface area contributed by atoms with E-state index in [1.165, 1.54) is 16.3 Å². The van der Waals surface area contributed by atoms with Crippen LogP contribution in [0.2, 0.25) is 13.1 Å². The van der Waals surface area contributed by atoms with Crippen LogP contribution in [0.5, 0.6) is 0 Å². The van der Waals surface area contributed by atoms with Gasteiger partial charge in [-0.2, -0.15) is 5.26 Å². The molecule has 3 aromatic rings. The van der Waals surface area contributed by atoms with E-state index in [0.717, 1.165) is 22.0 Å². The Morgan fingerprint density at radius 1 is 1.08 bits per heavy atom. The minimum absolute atomic E-state index is 0.140. The molecule has 128 valence electrons. The van der Waals surface area contributed by atoms with Gasteiger partial charge in [-0.1, -0.05) is 25.2 Å². The second-order valence-electron chi connectivity index (χ2n) is 7.49. The fourth-order valence-electron chi connectivity index (χ4n) is 4.23. The summed E-state index contributed by atoms with van der Waals surface area (Å²) in [6.07, 6.45) is 2.05. The highest BCUT2D eigenvalue weighted by Gasteiger charge is 2.42. The molecule has 4 rings (SSSR count). The number of nitriles is 1. The van der Waals surface area contributed by atoms with Gasteiger partial charge >= 0.3 is 0 Å². The zero-order valence-corrected chi connectivity index (χ0v) is 16.4. The average molecular weight is 360 g/mol. The number of halogens is 1. The maximum Gasteiger partial charge on any atom is 0.212 e. The van der Waals surface area contributed by atoms with Crippen molar-refractivity contribution in [2.75, 3.05) is 0 Å². The quantitative estimate of drug-likeness (QED) is 0.484. The van der Waals surface area contributed by atoms with Crippen LogP contribution < -0.4 is 14.9 Å². The summed E-state index contributed by atoms with van der Waals surface area (Å²) in [5, 5.41) is 11.8. The highest BCUT2D eigenvalue weighted by molar-refractivity contribution is 7.04. The Balaban J connectivity index is 2.11. The molecule has 0 aliphatic carbocycles. The molecular weight excluding hydrogens is 339 g/mol. The fraction of sp³-hybridized carbons (Fsp3) is 0.182. The van der Waals surface area contributed by atoms with Gasteiger partial charge in [-0.15, -0.1) is 0 Å². The van der Waals surface area contributed by atoms with E-state index in [1.54, 1.807) is 12.1 Å². The number of aromatic nitrogens is 1. The number of nitrogens with zero attached hydrogens (tertiary/aromatic N) is 2. The first-order valence-electron chi connectivity index (χ1n) is 8.70. The molecular formula is C22H20FN2Si+. The van der Waals surface area contributed by atoms with Crippen molar-refractivity contribution in [2.45, 2.75) is 20.0 Å². The summed E-state index contributed by atoms with van der Waals surface area (Å²) < 4.78 is 16.5. The molecule has 0 saturated heterocycles. The Bertz CT molecular complexity index is 1110. The molecule has 0 fully saturated rings. The lowest BCUT2D eigenvalue weighted by Gasteiger charge is -2.22. The monoisotopic (exact) mass is 359 g/mol. The Labute approximate surface area is 154 Å². The van der Waals surface area contributed by atoms with Crippen LogP contribution in [0.15, 0.2) is 48.7 Å². The van der Waals surface area contributed by atoms with Crippen molar-refractivity contribution >= 4 is 18.4 Å². The van der Waals surface area contributed by atoms with Crippen molar-refractivity contribution in [1.29, 1.82) is 5.26 Å². The second kappa shape index (κ2) is 5.62. The van der Waals surface area contributed by atoms with Gasteiger partial charge in [-0.05, 0) is 52.2 Å². The third-order valence-electron chi connectivity index (χ3n) is 5.54. The Kier molecular flexibility index (Phi) is 3.60. The van der Waals surface area contributed by atoms with Crippen LogP contribution in [-0.2, 0) is 7.05 Å². The lowest BCUT2D eigenvalue weighted by Crippen LogP contribution is -2.51. The van der Waals surface area contributed by atoms with E-state index in [2.05, 4.69) is 62.1 Å². The Morgan fingerprint density at radius 3 is 2.54 bits per heavy atom. The van der Waals surface area contributed by atoms with Crippen LogP contribution in [-0.4, -0.2) is 8.07 Å². The molecule has 0 N–H and O–H groups in total. The summed E-state index contributed by atoms with van der Waals surface area (Å²) in [7, 11) is -0.0110. The van der Waals surface area contributed by atoms with E-state index in [1.807, 2.05) is 12.1 Å². The zero-order valence-electron chi connectivity index (χ0n) is 15.4. The van der Waals surface area contributed by atoms with E-state index in [4.69, 9.17) is 0 Å². The summed E-state index contributed by atoms with van der Waals surface area (Å²) in [6, 6.07) is 15.8. The SMILES string of the molecule is Cc1ccc2c(c1-c1cccc[n+]1C)[Si](C)(C)c1cc(C#N)c(F)cc1-2. The average Bonchev–Trinajstić information content (AvgIpc) is 2.82. The van der Waals surface area contributed by atoms with Gasteiger partial charge < -0.3 is 0 Å². The van der Waals surface area contributed by atoms with E-state index in [-0.39, 0.29) is 5.56 Å². The summed E-state index contributed by atoms with van der Waals surface area (Å²) >= 11 is 0. The van der Waals surface area contributed by atoms with Gasteiger partial charge in [0.15, 0.2) is 6.20 Å². The molecule has 0 saturated carbocycles. The van der Waals surface area contributed by atoms with Gasteiger partial charge in [0.25, 0.3) is 0 Å². The predicted molar refractivity (Wildman–Crippen MR) is 105 cm³/mol. The largest absolute Gasteiger partial charge is 0.212 e. The topological polar surface area (TPSA) is 27.7 Å². The summed E-state index contributed by atoms with van der Waals surface area (Å²) in [5.74, 6) is -0.434. The highest BCUT2D eigenvalue weighted by Crippen LogP contribution is 2.35. The maximum absolute atomic E-state index is 14.3. The standard InChI is InChI=1S/C22H20FN2Si/c1-14-8-9-16-17-12-18(23)15(13-24)11-20(17)26(3,4)22(16)21(14)19-7-5-6-10-25(19)2/h5-12H,1-4H3/q+1. The predicted octanol–water partition coefficient (Wildman–Crippen LogP) is 3.30. The molecule has 1 aromatic heterocycles. The number of aryl methyl sites for hydroxylation is 2. The number of hydrogen-bond donors (Lipinski definition) is 0. The zero-order chi connectivity index (χ0) is 18.6. The molecule has 0 atom stereocenters. The van der Waals surface area contributed by atoms with Crippen molar-refractivity contribution in [3.05, 3.63) is 65.6 Å². The smallest absolute Gasteiger partial charge is 0.206 e. The molecule has 0 unspecified atom stereocenters. The lowest BCUT2D eigenvalue weighted by molar-refractivity contribution is -0.660. The van der Waals surface area contributed by atoms with E-state index in [0.29, 0.717) is 0 Å². The maximum atomic E-state index is 14.3. The van der Waals surface area contributed by atoms with E-state index < -0.39 is 13.9 Å². The fourth-order valence-corrected chi connectivity index (χ4v) is 7.72. The molecule has 0 bridgehead atoms. The molecule has 2 aromatic carbocycles. The Hall–Kier alpha value is -2.77. The van der Waals surface area contributed by atoms with E-state index in [9.17, 15) is 9.65 Å². The van der Waals surface area contributed by atoms with Gasteiger partial charge in [0.2, 0.25) is 5.69 Å². The molecule has 0 radical (unpaired) electrons. The van der Waals surface area contributed by atoms with Crippen LogP contribution >= 0.6 is 0 Å². The van der Waals surface area contributed by atoms with Gasteiger partial charge in [-0.3, -0.25) is 0 Å². The molecule has 1 aliphatic heterocycles. The molecule has 2 heterocycles. The van der Waals surface area contributed by atoms with Crippen LogP contribution in [0, 0.1) is 24.1 Å². The number of benzene rings is 2. The first kappa shape index (κ1) is 16.7. The molecule has 0 amide bonds. The van der Waals surface area contributed by atoms with Crippen molar-refractivity contribution in [1.82, 2.24) is 0 Å². The highest BCUT2D eigenvalue weighted by atomic mass is 28.3. The van der Waals surface area contributed by atoms with Crippen LogP contribution in [0.3, 0.4) is 0 Å². The van der Waals surface area contributed by atoms with Gasteiger partial charge in [-0.25, -0.2) is 8.96 Å². The Morgan fingerprint density at radius 2 is 1.85 bits per heavy atom. The number of fused-ring (bicyclic) bond motifs is 3. The van der Waals surface area contributed by atoms with Gasteiger partial charge in [0.05, 0.1) is 5.56 Å². The van der Waals surface area contributed by atoms with Gasteiger partial charge in [0, 0.05) is 17.7 Å². The first-order chi connectivity index (χ1) is 12.4. The molecule has 4 heteroatoms. The van der Waals surface area contributed by atoms with E-state index >= 15 is 0 Å². The number of rotatable bonds is 1. The van der Waals surface area contributed by atoms with Gasteiger partial charge in [0.1, 0.15) is 27.0 Å². The van der Waals surface area contributed by atoms with Crippen molar-refractivity contribution < 1.29 is 8.96 Å². The number of pyridine rings is 1. The molecule has 1 aliphatic rings. The molecule has 26 heavy (non-hydrogen) atoms. The minimum atomic E-state index is -2.06. The molecule has 0 spiro atoms. The summed E-state index contributed by atoms with van der Waals surface area (Å²) in [4.78, 5) is 0. The summed E-state index contributed by atoms with van der Waals surface area (Å²) in [6.45, 7) is 6.72. The lowest BCUT2D eigenvalue weighted by atomic mass is 9.97. The van der Waals surface area contributed by atoms with Crippen molar-refractivity contribution in [3.8, 4) is 28.5 Å². The number of hydrogen-bond acceptors (Lipinski definition) is 1. The third kappa shape index (κ3) is 2.17. The van der Waals surface area contributed by atoms with Crippen LogP contribution in [0.1, 0.15) is 11.1 Å². The first-order valence-corrected chi connectivity index (χ1v) is 11.7. The third-order valence-corrected chi connectivity index (χ3v) is 9.07. The van der Waals surface area contributed by atoms with Crippen molar-refractivity contribution in [2.24, 2.45) is 7.05 Å². The van der Waals surface area contributed by atoms with Crippen LogP contribution in [0.4, 0.5) is 4.39 Å². The molecule has 2 nitrogen and oxygen atoms in total. The second-order valence-corrected chi connectivity index (χ2v) is 11.8. The minimum Gasteiger partial charge on any atom is -0.206 e. The normalized spacial score (nSPS) is 13.8.